The Hall–Kier alpha value is -10.7. The average Bonchev–Trinajstić information content (AvgIpc) is 0.695. The van der Waals surface area contributed by atoms with Crippen LogP contribution in [0, 0.1) is 28.6 Å². The number of fused-ring (bicyclic) bond motifs is 4. The summed E-state index contributed by atoms with van der Waals surface area (Å²) in [7, 11) is 0. The fraction of sp³-hybridized carbons (Fsp3) is 0.188. The standard InChI is InChI=1S/C96H84BN3/c1-95(2,3)77-54-74-32-33-75-55-78(96(4,5)6)60-85-84(57-76(56-77)92(74)93(75)85)73-43-53-88-87(58-73)97-86-52-42-72(67-30-20-11-21-31-67)59-89(86)100(82-50-40-71(41-51-82)66-28-18-10-19-29-66)91-62-83(61-90(94(91)97)99(88)81-48-38-70(39-49-81)65-26-16-9-17-27-65)98(79-44-34-68(35-45-79)63-22-12-7-13-23-63)80-46-36-69(37-47-80)64-24-14-8-15-25-64/h7-53,55-60,74,83,90-94H,54,61-62H2,1-6H3. The first kappa shape index (κ1) is 61.6. The van der Waals surface area contributed by atoms with Gasteiger partial charge in [-0.15, -0.1) is 0 Å². The van der Waals surface area contributed by atoms with Gasteiger partial charge in [-0.3, -0.25) is 0 Å². The summed E-state index contributed by atoms with van der Waals surface area (Å²) in [5, 5.41) is 0. The maximum absolute atomic E-state index is 2.84. The van der Waals surface area contributed by atoms with Crippen molar-refractivity contribution in [3.05, 3.63) is 355 Å². The normalized spacial score (nSPS) is 21.0. The van der Waals surface area contributed by atoms with Crippen LogP contribution in [0.1, 0.15) is 66.4 Å². The average molecular weight is 1290 g/mol. The zero-order chi connectivity index (χ0) is 67.4. The van der Waals surface area contributed by atoms with E-state index >= 15 is 0 Å². The van der Waals surface area contributed by atoms with Crippen molar-refractivity contribution in [2.75, 3.05) is 14.7 Å². The van der Waals surface area contributed by atoms with Gasteiger partial charge in [0.25, 0.3) is 0 Å². The van der Waals surface area contributed by atoms with Crippen molar-refractivity contribution in [3.8, 4) is 55.6 Å². The number of nitrogens with zero attached hydrogens (tertiary/aromatic N) is 3. The minimum Gasteiger partial charge on any atom is -0.339 e. The largest absolute Gasteiger partial charge is 0.339 e. The van der Waals surface area contributed by atoms with E-state index in [1.807, 2.05) is 0 Å². The van der Waals surface area contributed by atoms with E-state index in [9.17, 15) is 0 Å². The Morgan fingerprint density at radius 2 is 0.820 bits per heavy atom. The molecule has 3 nitrogen and oxygen atoms in total. The molecule has 0 amide bonds. The van der Waals surface area contributed by atoms with Gasteiger partial charge in [0.05, 0.1) is 0 Å². The first-order valence-electron chi connectivity index (χ1n) is 36.5. The van der Waals surface area contributed by atoms with Gasteiger partial charge < -0.3 is 14.7 Å². The lowest BCUT2D eigenvalue weighted by Gasteiger charge is -2.60. The summed E-state index contributed by atoms with van der Waals surface area (Å²) < 4.78 is 0. The van der Waals surface area contributed by atoms with E-state index in [2.05, 4.69) is 378 Å². The van der Waals surface area contributed by atoms with E-state index < -0.39 is 0 Å². The molecule has 0 saturated heterocycles. The van der Waals surface area contributed by atoms with Gasteiger partial charge in [0, 0.05) is 64.1 Å². The van der Waals surface area contributed by atoms with Gasteiger partial charge in [-0.25, -0.2) is 0 Å². The van der Waals surface area contributed by atoms with Crippen LogP contribution in [0.15, 0.2) is 349 Å². The van der Waals surface area contributed by atoms with Crippen molar-refractivity contribution < 1.29 is 0 Å². The van der Waals surface area contributed by atoms with Gasteiger partial charge in [-0.1, -0.05) is 313 Å². The van der Waals surface area contributed by atoms with Crippen LogP contribution in [0.2, 0.25) is 5.82 Å². The Morgan fingerprint density at radius 1 is 0.380 bits per heavy atom. The molecule has 0 N–H and O–H groups in total. The molecule has 0 spiro atoms. The highest BCUT2D eigenvalue weighted by Crippen LogP contribution is 2.59. The van der Waals surface area contributed by atoms with Crippen LogP contribution >= 0.6 is 0 Å². The molecule has 1 saturated carbocycles. The molecule has 1 fully saturated rings. The van der Waals surface area contributed by atoms with E-state index in [-0.39, 0.29) is 47.4 Å². The third-order valence-electron chi connectivity index (χ3n) is 23.3. The van der Waals surface area contributed by atoms with Crippen LogP contribution in [0.3, 0.4) is 0 Å². The van der Waals surface area contributed by atoms with Gasteiger partial charge >= 0.3 is 0 Å². The summed E-state index contributed by atoms with van der Waals surface area (Å²) >= 11 is 0. The molecule has 486 valence electrons. The van der Waals surface area contributed by atoms with Gasteiger partial charge in [0.2, 0.25) is 6.71 Å². The van der Waals surface area contributed by atoms with Gasteiger partial charge in [-0.2, -0.15) is 0 Å². The lowest BCUT2D eigenvalue weighted by atomic mass is 9.27. The highest BCUT2D eigenvalue weighted by molar-refractivity contribution is 6.89. The summed E-state index contributed by atoms with van der Waals surface area (Å²) in [6, 6.07) is 108. The molecule has 7 atom stereocenters. The smallest absolute Gasteiger partial charge is 0.221 e. The Balaban J connectivity index is 0.889. The molecule has 5 aliphatic carbocycles. The summed E-state index contributed by atoms with van der Waals surface area (Å²) in [6.07, 6.45) is 18.5. The molecule has 0 bridgehead atoms. The molecule has 2 aliphatic heterocycles. The molecular formula is C96H84BN3. The number of hydrogen-bond acceptors (Lipinski definition) is 3. The van der Waals surface area contributed by atoms with Crippen molar-refractivity contribution in [3.63, 3.8) is 0 Å². The second-order valence-electron chi connectivity index (χ2n) is 31.1. The lowest BCUT2D eigenvalue weighted by molar-refractivity contribution is 0.328. The van der Waals surface area contributed by atoms with Crippen LogP contribution in [0.4, 0.5) is 34.1 Å². The van der Waals surface area contributed by atoms with Crippen LogP contribution in [0.25, 0.3) is 61.2 Å². The van der Waals surface area contributed by atoms with Crippen LogP contribution in [-0.4, -0.2) is 24.8 Å². The third-order valence-corrected chi connectivity index (χ3v) is 23.3. The topological polar surface area (TPSA) is 9.72 Å². The third kappa shape index (κ3) is 10.9. The molecule has 7 aliphatic rings. The monoisotopic (exact) mass is 1290 g/mol. The zero-order valence-corrected chi connectivity index (χ0v) is 58.2. The Morgan fingerprint density at radius 3 is 1.30 bits per heavy atom. The summed E-state index contributed by atoms with van der Waals surface area (Å²) in [5.74, 6) is 1.29. The molecule has 11 aromatic carbocycles. The van der Waals surface area contributed by atoms with E-state index in [0.717, 1.165) is 19.3 Å². The zero-order valence-electron chi connectivity index (χ0n) is 58.2. The molecule has 0 aromatic heterocycles. The Bertz CT molecular complexity index is 5030. The van der Waals surface area contributed by atoms with Crippen molar-refractivity contribution >= 4 is 57.3 Å². The summed E-state index contributed by atoms with van der Waals surface area (Å²) in [6.45, 7) is 14.5. The van der Waals surface area contributed by atoms with Crippen molar-refractivity contribution in [1.82, 2.24) is 0 Å². The van der Waals surface area contributed by atoms with E-state index in [0.29, 0.717) is 11.8 Å². The van der Waals surface area contributed by atoms with Crippen LogP contribution in [-0.2, 0) is 0 Å². The number of allylic oxidation sites excluding steroid dienone is 12. The molecule has 2 heterocycles. The SMILES string of the molecule is CC(C)(C)C1=CC2=C(c3ccc4c(c3)B3c5ccc(-c6ccccc6)cc5N(c5ccc(-c6ccccc6)cc5)C5CC(N(c6ccc(-c7ccccc7)cc6)c6ccc(-c7ccccc7)cc6)CC(C35)N4c3ccc(-c4ccccc4)cc3)C=C3C=C(C(C)(C)C)CC4C=CC(=C1)C2C34. The fourth-order valence-electron chi connectivity index (χ4n) is 18.4. The van der Waals surface area contributed by atoms with E-state index in [4.69, 9.17) is 0 Å². The van der Waals surface area contributed by atoms with E-state index in [1.165, 1.54) is 134 Å². The number of benzene rings is 11. The lowest BCUT2D eigenvalue weighted by Crippen LogP contribution is -2.70. The summed E-state index contributed by atoms with van der Waals surface area (Å²) in [5.41, 5.74) is 32.5. The second kappa shape index (κ2) is 24.6. The highest BCUT2D eigenvalue weighted by atomic mass is 15.3. The molecule has 100 heavy (non-hydrogen) atoms. The molecule has 0 radical (unpaired) electrons. The predicted molar refractivity (Wildman–Crippen MR) is 424 cm³/mol. The minimum atomic E-state index is -0.0309. The van der Waals surface area contributed by atoms with Crippen molar-refractivity contribution in [2.45, 2.75) is 84.7 Å². The van der Waals surface area contributed by atoms with Gasteiger partial charge in [0.15, 0.2) is 0 Å². The summed E-state index contributed by atoms with van der Waals surface area (Å²) in [4.78, 5) is 8.40. The first-order chi connectivity index (χ1) is 48.8. The molecular weight excluding hydrogens is 1210 g/mol. The van der Waals surface area contributed by atoms with Gasteiger partial charge in [0.1, 0.15) is 0 Å². The van der Waals surface area contributed by atoms with Crippen molar-refractivity contribution in [1.29, 1.82) is 0 Å². The molecule has 11 aromatic rings. The number of hydrogen-bond donors (Lipinski definition) is 0. The van der Waals surface area contributed by atoms with Crippen molar-refractivity contribution in [2.24, 2.45) is 28.6 Å². The minimum absolute atomic E-state index is 0.0309. The highest BCUT2D eigenvalue weighted by Gasteiger charge is 2.58. The second-order valence-corrected chi connectivity index (χ2v) is 31.1. The quantitative estimate of drug-likeness (QED) is 0.120. The van der Waals surface area contributed by atoms with Crippen LogP contribution in [0.5, 0.6) is 0 Å². The Labute approximate surface area is 592 Å². The van der Waals surface area contributed by atoms with Gasteiger partial charge in [-0.05, 0) is 197 Å². The number of anilines is 6. The maximum Gasteiger partial charge on any atom is 0.221 e. The van der Waals surface area contributed by atoms with E-state index in [1.54, 1.807) is 5.57 Å². The predicted octanol–water partition coefficient (Wildman–Crippen LogP) is 23.4. The number of rotatable bonds is 11. The first-order valence-corrected chi connectivity index (χ1v) is 36.5. The molecule has 18 rings (SSSR count). The van der Waals surface area contributed by atoms with Crippen LogP contribution < -0.4 is 25.6 Å². The molecule has 7 unspecified atom stereocenters. The fourth-order valence-corrected chi connectivity index (χ4v) is 18.4. The maximum atomic E-state index is 2.84. The molecule has 4 heteroatoms. The Kier molecular flexibility index (Phi) is 15.2.